The van der Waals surface area contributed by atoms with Crippen LogP contribution in [0.1, 0.15) is 27.0 Å². The molecule has 174 valence electrons. The summed E-state index contributed by atoms with van der Waals surface area (Å²) >= 11 is 0. The molecule has 0 saturated carbocycles. The SMILES string of the molecule is CC(=O)OCCOC(OCCOC(C)=O)OC1C(O)[C@H](C)O[C@@H]1n1ccc(=O)[nH]c1=O. The molecule has 13 heteroatoms. The van der Waals surface area contributed by atoms with Gasteiger partial charge in [0.2, 0.25) is 0 Å². The molecule has 2 rings (SSSR count). The minimum absolute atomic E-state index is 0.0779. The van der Waals surface area contributed by atoms with Gasteiger partial charge in [0, 0.05) is 26.1 Å². The van der Waals surface area contributed by atoms with E-state index in [9.17, 15) is 24.3 Å². The number of hydrogen-bond acceptors (Lipinski definition) is 11. The van der Waals surface area contributed by atoms with Gasteiger partial charge in [0.05, 0.1) is 19.3 Å². The molecule has 0 radical (unpaired) electrons. The zero-order chi connectivity index (χ0) is 23.0. The second-order valence-electron chi connectivity index (χ2n) is 6.55. The highest BCUT2D eigenvalue weighted by Gasteiger charge is 2.45. The molecule has 2 heterocycles. The summed E-state index contributed by atoms with van der Waals surface area (Å²) < 4.78 is 32.8. The Morgan fingerprint density at radius 3 is 2.23 bits per heavy atom. The summed E-state index contributed by atoms with van der Waals surface area (Å²) in [5.74, 6) is -0.995. The predicted octanol–water partition coefficient (Wildman–Crippen LogP) is -1.36. The molecule has 13 nitrogen and oxygen atoms in total. The van der Waals surface area contributed by atoms with Crippen LogP contribution in [-0.2, 0) is 38.0 Å². The number of hydrogen-bond donors (Lipinski definition) is 2. The number of aliphatic hydroxyl groups excluding tert-OH is 1. The Bertz CT molecular complexity index is 829. The lowest BCUT2D eigenvalue weighted by Crippen LogP contribution is -2.42. The molecule has 2 unspecified atom stereocenters. The number of nitrogens with one attached hydrogen (secondary N) is 1. The van der Waals surface area contributed by atoms with Crippen molar-refractivity contribution in [2.45, 2.75) is 51.8 Å². The number of esters is 2. The van der Waals surface area contributed by atoms with Crippen molar-refractivity contribution in [3.05, 3.63) is 33.1 Å². The standard InChI is InChI=1S/C18H26N2O11/c1-10-14(24)15(16(30-10)20-5-4-13(23)19-17(20)25)31-18(28-8-6-26-11(2)21)29-9-7-27-12(3)22/h4-5,10,14-16,18,24H,6-9H2,1-3H3,(H,19,23,25)/t10-,14?,15?,16-/m0/s1. The Balaban J connectivity index is 2.10. The van der Waals surface area contributed by atoms with E-state index in [1.807, 2.05) is 0 Å². The predicted molar refractivity (Wildman–Crippen MR) is 101 cm³/mol. The van der Waals surface area contributed by atoms with E-state index in [4.69, 9.17) is 28.4 Å². The molecule has 4 atom stereocenters. The van der Waals surface area contributed by atoms with Crippen molar-refractivity contribution >= 4 is 11.9 Å². The summed E-state index contributed by atoms with van der Waals surface area (Å²) in [6, 6.07) is 1.12. The van der Waals surface area contributed by atoms with Crippen LogP contribution < -0.4 is 11.2 Å². The molecule has 0 aliphatic carbocycles. The molecule has 1 aliphatic heterocycles. The molecule has 1 aliphatic rings. The van der Waals surface area contributed by atoms with Gasteiger partial charge in [0.15, 0.2) is 6.23 Å². The van der Waals surface area contributed by atoms with Gasteiger partial charge >= 0.3 is 17.6 Å². The molecule has 0 spiro atoms. The van der Waals surface area contributed by atoms with Crippen molar-refractivity contribution in [3.8, 4) is 0 Å². The van der Waals surface area contributed by atoms with Crippen LogP contribution in [0, 0.1) is 0 Å². The van der Waals surface area contributed by atoms with E-state index in [2.05, 4.69) is 4.98 Å². The molecule has 0 amide bonds. The highest BCUT2D eigenvalue weighted by atomic mass is 16.9. The maximum Gasteiger partial charge on any atom is 0.330 e. The van der Waals surface area contributed by atoms with Gasteiger partial charge in [-0.1, -0.05) is 0 Å². The third kappa shape index (κ3) is 7.56. The van der Waals surface area contributed by atoms with Crippen molar-refractivity contribution < 1.29 is 43.1 Å². The number of nitrogens with zero attached hydrogens (tertiary/aromatic N) is 1. The van der Waals surface area contributed by atoms with Gasteiger partial charge in [0.25, 0.3) is 12.0 Å². The maximum absolute atomic E-state index is 12.2. The van der Waals surface area contributed by atoms with Gasteiger partial charge in [-0.15, -0.1) is 0 Å². The van der Waals surface area contributed by atoms with Crippen LogP contribution in [0.5, 0.6) is 0 Å². The first-order valence-corrected chi connectivity index (χ1v) is 9.49. The second-order valence-corrected chi connectivity index (χ2v) is 6.55. The van der Waals surface area contributed by atoms with Crippen molar-refractivity contribution in [2.75, 3.05) is 26.4 Å². The van der Waals surface area contributed by atoms with Crippen molar-refractivity contribution in [1.29, 1.82) is 0 Å². The Hall–Kier alpha value is -2.58. The average Bonchev–Trinajstić information content (AvgIpc) is 2.96. The van der Waals surface area contributed by atoms with E-state index in [0.717, 1.165) is 10.6 Å². The molecule has 1 aromatic rings. The Morgan fingerprint density at radius 2 is 1.71 bits per heavy atom. The number of H-pyrrole nitrogens is 1. The van der Waals surface area contributed by atoms with E-state index in [0.29, 0.717) is 0 Å². The largest absolute Gasteiger partial charge is 0.463 e. The topological polar surface area (TPSA) is 165 Å². The minimum atomic E-state index is -1.37. The van der Waals surface area contributed by atoms with Gasteiger partial charge in [0.1, 0.15) is 25.4 Å². The van der Waals surface area contributed by atoms with E-state index in [-0.39, 0.29) is 26.4 Å². The van der Waals surface area contributed by atoms with E-state index >= 15 is 0 Å². The lowest BCUT2D eigenvalue weighted by molar-refractivity contribution is -0.321. The van der Waals surface area contributed by atoms with E-state index in [1.165, 1.54) is 20.0 Å². The van der Waals surface area contributed by atoms with Crippen LogP contribution in [0.25, 0.3) is 0 Å². The summed E-state index contributed by atoms with van der Waals surface area (Å²) in [4.78, 5) is 47.3. The van der Waals surface area contributed by atoms with Crippen LogP contribution in [0.4, 0.5) is 0 Å². The highest BCUT2D eigenvalue weighted by Crippen LogP contribution is 2.31. The van der Waals surface area contributed by atoms with E-state index < -0.39 is 54.2 Å². The molecule has 31 heavy (non-hydrogen) atoms. The molecule has 1 fully saturated rings. The van der Waals surface area contributed by atoms with Crippen LogP contribution >= 0.6 is 0 Å². The number of aliphatic hydroxyl groups is 1. The van der Waals surface area contributed by atoms with Gasteiger partial charge in [-0.2, -0.15) is 0 Å². The number of rotatable bonds is 11. The Kier molecular flexibility index (Phi) is 9.33. The third-order valence-electron chi connectivity index (χ3n) is 4.13. The Labute approximate surface area is 176 Å². The fraction of sp³-hybridized carbons (Fsp3) is 0.667. The highest BCUT2D eigenvalue weighted by molar-refractivity contribution is 5.66. The van der Waals surface area contributed by atoms with Gasteiger partial charge in [-0.05, 0) is 6.92 Å². The van der Waals surface area contributed by atoms with Crippen LogP contribution in [0.3, 0.4) is 0 Å². The molecule has 1 aromatic heterocycles. The van der Waals surface area contributed by atoms with Crippen molar-refractivity contribution in [3.63, 3.8) is 0 Å². The zero-order valence-electron chi connectivity index (χ0n) is 17.3. The van der Waals surface area contributed by atoms with Gasteiger partial charge in [-0.25, -0.2) is 4.79 Å². The number of aromatic nitrogens is 2. The lowest BCUT2D eigenvalue weighted by Gasteiger charge is -2.27. The minimum Gasteiger partial charge on any atom is -0.463 e. The van der Waals surface area contributed by atoms with Gasteiger partial charge < -0.3 is 33.5 Å². The third-order valence-corrected chi connectivity index (χ3v) is 4.13. The normalized spacial score (nSPS) is 23.1. The first-order chi connectivity index (χ1) is 14.7. The van der Waals surface area contributed by atoms with Crippen LogP contribution in [0.2, 0.25) is 0 Å². The quantitative estimate of drug-likeness (QED) is 0.234. The number of carbonyl (C=O) groups excluding carboxylic acids is 2. The van der Waals surface area contributed by atoms with Gasteiger partial charge in [-0.3, -0.25) is 23.9 Å². The van der Waals surface area contributed by atoms with Crippen molar-refractivity contribution in [1.82, 2.24) is 9.55 Å². The zero-order valence-corrected chi connectivity index (χ0v) is 17.3. The molecular weight excluding hydrogens is 420 g/mol. The fourth-order valence-electron chi connectivity index (χ4n) is 2.73. The molecule has 2 N–H and O–H groups in total. The lowest BCUT2D eigenvalue weighted by atomic mass is 10.1. The van der Waals surface area contributed by atoms with Crippen LogP contribution in [0.15, 0.2) is 21.9 Å². The molecule has 1 saturated heterocycles. The number of ether oxygens (including phenoxy) is 6. The maximum atomic E-state index is 12.2. The summed E-state index contributed by atoms with van der Waals surface area (Å²) in [5.41, 5.74) is -1.35. The number of carbonyl (C=O) groups is 2. The van der Waals surface area contributed by atoms with E-state index in [1.54, 1.807) is 6.92 Å². The Morgan fingerprint density at radius 1 is 1.13 bits per heavy atom. The summed E-state index contributed by atoms with van der Waals surface area (Å²) in [6.45, 7) is 2.33. The molecular formula is C18H26N2O11. The second kappa shape index (κ2) is 11.7. The monoisotopic (exact) mass is 446 g/mol. The van der Waals surface area contributed by atoms with Crippen molar-refractivity contribution in [2.24, 2.45) is 0 Å². The average molecular weight is 446 g/mol. The first kappa shape index (κ1) is 24.7. The molecule has 0 aromatic carbocycles. The summed E-state index contributed by atoms with van der Waals surface area (Å²) in [7, 11) is 0. The number of aromatic amines is 1. The first-order valence-electron chi connectivity index (χ1n) is 9.49. The van der Waals surface area contributed by atoms with Crippen LogP contribution in [-0.4, -0.2) is 77.8 Å². The fourth-order valence-corrected chi connectivity index (χ4v) is 2.73. The molecule has 0 bridgehead atoms. The summed E-state index contributed by atoms with van der Waals surface area (Å²) in [6.07, 6.45) is -2.88. The summed E-state index contributed by atoms with van der Waals surface area (Å²) in [5, 5.41) is 10.5. The smallest absolute Gasteiger partial charge is 0.330 e.